The Morgan fingerprint density at radius 2 is 1.82 bits per heavy atom. The Labute approximate surface area is 199 Å². The lowest BCUT2D eigenvalue weighted by atomic mass is 9.47. The molecule has 7 heteroatoms. The van der Waals surface area contributed by atoms with Gasteiger partial charge in [-0.2, -0.15) is 0 Å². The molecular weight excluding hydrogens is 436 g/mol. The first-order chi connectivity index (χ1) is 15.9. The number of esters is 1. The van der Waals surface area contributed by atoms with Crippen LogP contribution in [0.15, 0.2) is 23.8 Å². The Morgan fingerprint density at radius 3 is 2.53 bits per heavy atom. The van der Waals surface area contributed by atoms with Gasteiger partial charge in [0.15, 0.2) is 11.6 Å². The average molecular weight is 471 g/mol. The highest BCUT2D eigenvalue weighted by Gasteiger charge is 2.83. The van der Waals surface area contributed by atoms with Gasteiger partial charge in [0.05, 0.1) is 34.6 Å². The van der Waals surface area contributed by atoms with Gasteiger partial charge in [-0.25, -0.2) is 0 Å². The molecule has 7 aliphatic rings. The number of carbonyl (C=O) groups excluding carboxylic acids is 2. The van der Waals surface area contributed by atoms with Crippen molar-refractivity contribution in [2.75, 3.05) is 0 Å². The highest BCUT2D eigenvalue weighted by molar-refractivity contribution is 5.98. The minimum Gasteiger partial charge on any atom is -0.459 e. The summed E-state index contributed by atoms with van der Waals surface area (Å²) in [6.45, 7) is 7.58. The fraction of sp³-hybridized carbons (Fsp3) is 0.778. The highest BCUT2D eigenvalue weighted by atomic mass is 16.7. The van der Waals surface area contributed by atoms with Crippen LogP contribution in [-0.4, -0.2) is 57.3 Å². The van der Waals surface area contributed by atoms with Crippen LogP contribution in [0.4, 0.5) is 0 Å². The van der Waals surface area contributed by atoms with E-state index in [9.17, 15) is 19.8 Å². The number of cyclic esters (lactones) is 1. The molecule has 0 aromatic carbocycles. The Hall–Kier alpha value is -1.54. The Bertz CT molecular complexity index is 1060. The van der Waals surface area contributed by atoms with E-state index in [0.29, 0.717) is 12.8 Å². The molecule has 4 aliphatic carbocycles. The molecule has 13 atom stereocenters. The van der Waals surface area contributed by atoms with E-state index in [1.165, 1.54) is 0 Å². The standard InChI is InChI=1S/C27H34O7/c1-12-13(2)23(29)32-20(12)22-25(4,30)19-17-11-26(31)15-9-8-14-6-5-7-18(28)24(14,3)16(15)10-27(33-17,34-22)21(19)26/h5,7-8,12-13,15-17,19-22,30-31H,6,9-11H2,1-4H3/t12-,13-,15-,16+,17+,19+,20-,21+,22-,24+,25-,26-,27+/m1/s1. The zero-order chi connectivity index (χ0) is 24.0. The van der Waals surface area contributed by atoms with Crippen molar-refractivity contribution >= 4 is 11.8 Å². The molecule has 184 valence electrons. The first-order valence-corrected chi connectivity index (χ1v) is 12.9. The van der Waals surface area contributed by atoms with Crippen LogP contribution in [0.1, 0.15) is 53.4 Å². The van der Waals surface area contributed by atoms with Crippen molar-refractivity contribution in [1.29, 1.82) is 0 Å². The first-order valence-electron chi connectivity index (χ1n) is 12.9. The number of allylic oxidation sites excluding steroid dienone is 4. The van der Waals surface area contributed by atoms with Gasteiger partial charge in [-0.1, -0.05) is 31.6 Å². The summed E-state index contributed by atoms with van der Waals surface area (Å²) >= 11 is 0. The predicted octanol–water partition coefficient (Wildman–Crippen LogP) is 2.30. The molecule has 3 saturated heterocycles. The zero-order valence-corrected chi connectivity index (χ0v) is 20.2. The van der Waals surface area contributed by atoms with E-state index in [4.69, 9.17) is 14.2 Å². The van der Waals surface area contributed by atoms with Gasteiger partial charge < -0.3 is 24.4 Å². The van der Waals surface area contributed by atoms with Crippen LogP contribution < -0.4 is 0 Å². The van der Waals surface area contributed by atoms with E-state index in [1.54, 1.807) is 13.0 Å². The Morgan fingerprint density at radius 1 is 1.06 bits per heavy atom. The topological polar surface area (TPSA) is 102 Å². The Balaban J connectivity index is 1.34. The molecule has 3 heterocycles. The maximum atomic E-state index is 13.3. The number of fused-ring (bicyclic) bond motifs is 4. The van der Waals surface area contributed by atoms with Crippen LogP contribution in [-0.2, 0) is 23.8 Å². The number of ketones is 1. The largest absolute Gasteiger partial charge is 0.459 e. The zero-order valence-electron chi connectivity index (χ0n) is 20.2. The smallest absolute Gasteiger partial charge is 0.309 e. The molecule has 2 saturated carbocycles. The molecule has 4 bridgehead atoms. The molecular formula is C27H34O7. The summed E-state index contributed by atoms with van der Waals surface area (Å²) in [5.74, 6) is -2.60. The third-order valence-corrected chi connectivity index (χ3v) is 11.2. The molecule has 0 amide bonds. The van der Waals surface area contributed by atoms with Gasteiger partial charge in [0.1, 0.15) is 12.2 Å². The maximum Gasteiger partial charge on any atom is 0.309 e. The van der Waals surface area contributed by atoms with Crippen molar-refractivity contribution in [3.63, 3.8) is 0 Å². The second kappa shape index (κ2) is 6.23. The number of ether oxygens (including phenoxy) is 3. The minimum absolute atomic E-state index is 0.0788. The van der Waals surface area contributed by atoms with E-state index >= 15 is 0 Å². The molecule has 0 aromatic rings. The number of hydrogen-bond donors (Lipinski definition) is 2. The highest BCUT2D eigenvalue weighted by Crippen LogP contribution is 2.73. The van der Waals surface area contributed by atoms with Gasteiger partial charge in [0.2, 0.25) is 0 Å². The molecule has 3 aliphatic heterocycles. The van der Waals surface area contributed by atoms with Crippen LogP contribution >= 0.6 is 0 Å². The van der Waals surface area contributed by atoms with Gasteiger partial charge in [-0.15, -0.1) is 0 Å². The monoisotopic (exact) mass is 470 g/mol. The molecule has 7 nitrogen and oxygen atoms in total. The molecule has 5 fully saturated rings. The molecule has 0 unspecified atom stereocenters. The van der Waals surface area contributed by atoms with Crippen molar-refractivity contribution in [2.24, 2.45) is 40.9 Å². The normalized spacial score (nSPS) is 61.1. The third-order valence-electron chi connectivity index (χ3n) is 11.2. The van der Waals surface area contributed by atoms with E-state index < -0.39 is 34.6 Å². The molecule has 7 rings (SSSR count). The minimum atomic E-state index is -1.32. The summed E-state index contributed by atoms with van der Waals surface area (Å²) in [6.07, 6.45) is 6.50. The summed E-state index contributed by atoms with van der Waals surface area (Å²) in [6, 6.07) is 0. The average Bonchev–Trinajstić information content (AvgIpc) is 3.33. The van der Waals surface area contributed by atoms with Crippen molar-refractivity contribution in [3.05, 3.63) is 23.8 Å². The van der Waals surface area contributed by atoms with Crippen LogP contribution in [0.5, 0.6) is 0 Å². The summed E-state index contributed by atoms with van der Waals surface area (Å²) in [5.41, 5.74) is -1.97. The SMILES string of the molecule is C[C@H]1[C@H]([C@H]2O[C@]34C[C@H]5[C@@H](CC=C6CC=CC(=O)[C@@]65C)[C@]5(O)C[C@H](O3)[C@@H]([C@H]45)[C@@]2(C)O)OC(=O)[C@@H]1C. The van der Waals surface area contributed by atoms with Gasteiger partial charge in [0, 0.05) is 24.7 Å². The lowest BCUT2D eigenvalue weighted by molar-refractivity contribution is -0.386. The predicted molar refractivity (Wildman–Crippen MR) is 119 cm³/mol. The van der Waals surface area contributed by atoms with Crippen LogP contribution in [0, 0.1) is 40.9 Å². The van der Waals surface area contributed by atoms with Crippen molar-refractivity contribution in [1.82, 2.24) is 0 Å². The van der Waals surface area contributed by atoms with Crippen molar-refractivity contribution < 1.29 is 34.0 Å². The van der Waals surface area contributed by atoms with E-state index in [0.717, 1.165) is 18.4 Å². The quantitative estimate of drug-likeness (QED) is 0.448. The van der Waals surface area contributed by atoms with Crippen molar-refractivity contribution in [3.8, 4) is 0 Å². The summed E-state index contributed by atoms with van der Waals surface area (Å²) in [7, 11) is 0. The number of hydrogen-bond acceptors (Lipinski definition) is 7. The van der Waals surface area contributed by atoms with Gasteiger partial charge in [-0.05, 0) is 44.6 Å². The molecule has 0 aromatic heterocycles. The van der Waals surface area contributed by atoms with Crippen LogP contribution in [0.2, 0.25) is 0 Å². The summed E-state index contributed by atoms with van der Waals surface area (Å²) in [4.78, 5) is 25.7. The number of rotatable bonds is 1. The van der Waals surface area contributed by atoms with E-state index in [-0.39, 0.29) is 53.4 Å². The number of aliphatic hydroxyl groups is 2. The summed E-state index contributed by atoms with van der Waals surface area (Å²) in [5, 5.41) is 24.2. The number of carbonyl (C=O) groups is 2. The van der Waals surface area contributed by atoms with Crippen LogP contribution in [0.25, 0.3) is 0 Å². The van der Waals surface area contributed by atoms with E-state index in [2.05, 4.69) is 6.08 Å². The van der Waals surface area contributed by atoms with E-state index in [1.807, 2.05) is 26.8 Å². The maximum absolute atomic E-state index is 13.3. The van der Waals surface area contributed by atoms with Gasteiger partial charge >= 0.3 is 5.97 Å². The molecule has 34 heavy (non-hydrogen) atoms. The fourth-order valence-corrected chi connectivity index (χ4v) is 9.32. The first kappa shape index (κ1) is 21.7. The van der Waals surface area contributed by atoms with Crippen molar-refractivity contribution in [2.45, 2.75) is 88.7 Å². The second-order valence-electron chi connectivity index (χ2n) is 12.5. The van der Waals surface area contributed by atoms with Gasteiger partial charge in [-0.3, -0.25) is 9.59 Å². The lowest BCUT2D eigenvalue weighted by Crippen LogP contribution is -2.73. The third kappa shape index (κ3) is 2.21. The van der Waals surface area contributed by atoms with Crippen LogP contribution in [0.3, 0.4) is 0 Å². The molecule has 2 N–H and O–H groups in total. The lowest BCUT2D eigenvalue weighted by Gasteiger charge is -2.64. The van der Waals surface area contributed by atoms with Gasteiger partial charge in [0.25, 0.3) is 0 Å². The molecule has 0 spiro atoms. The fourth-order valence-electron chi connectivity index (χ4n) is 9.32. The molecule has 0 radical (unpaired) electrons. The second-order valence-corrected chi connectivity index (χ2v) is 12.5. The Kier molecular flexibility index (Phi) is 3.98. The summed E-state index contributed by atoms with van der Waals surface area (Å²) < 4.78 is 19.1.